The Morgan fingerprint density at radius 3 is 2.38 bits per heavy atom. The SMILES string of the molecule is Cc1ccc(-c2n[nH]c(=S)n2-c2ccc(C)cc2Br)cc1. The summed E-state index contributed by atoms with van der Waals surface area (Å²) in [5.74, 6) is 0.810. The van der Waals surface area contributed by atoms with E-state index in [1.54, 1.807) is 0 Å². The molecule has 0 saturated carbocycles. The van der Waals surface area contributed by atoms with Gasteiger partial charge in [0.1, 0.15) is 0 Å². The standard InChI is InChI=1S/C16H14BrN3S/c1-10-3-6-12(7-4-10)15-18-19-16(21)20(15)14-8-5-11(2)9-13(14)17/h3-9H,1-2H3,(H,19,21). The van der Waals surface area contributed by atoms with Crippen LogP contribution < -0.4 is 0 Å². The number of aromatic nitrogens is 3. The summed E-state index contributed by atoms with van der Waals surface area (Å²) in [6.45, 7) is 4.13. The lowest BCUT2D eigenvalue weighted by Crippen LogP contribution is -1.99. The van der Waals surface area contributed by atoms with Crippen molar-refractivity contribution in [2.75, 3.05) is 0 Å². The van der Waals surface area contributed by atoms with Crippen molar-refractivity contribution < 1.29 is 0 Å². The molecule has 0 fully saturated rings. The number of hydrogen-bond donors (Lipinski definition) is 1. The highest BCUT2D eigenvalue weighted by Gasteiger charge is 2.12. The van der Waals surface area contributed by atoms with E-state index < -0.39 is 0 Å². The number of benzene rings is 2. The van der Waals surface area contributed by atoms with Gasteiger partial charge in [-0.1, -0.05) is 35.9 Å². The van der Waals surface area contributed by atoms with Gasteiger partial charge in [-0.15, -0.1) is 0 Å². The Hall–Kier alpha value is -1.72. The highest BCUT2D eigenvalue weighted by Crippen LogP contribution is 2.27. The van der Waals surface area contributed by atoms with Crippen LogP contribution in [0.25, 0.3) is 17.1 Å². The second kappa shape index (κ2) is 5.58. The number of hydrogen-bond acceptors (Lipinski definition) is 2. The molecule has 0 amide bonds. The van der Waals surface area contributed by atoms with Crippen molar-refractivity contribution in [3.05, 3.63) is 62.8 Å². The maximum Gasteiger partial charge on any atom is 0.200 e. The third kappa shape index (κ3) is 2.71. The van der Waals surface area contributed by atoms with Crippen LogP contribution in [-0.4, -0.2) is 14.8 Å². The first kappa shape index (κ1) is 14.2. The molecule has 0 aliphatic carbocycles. The van der Waals surface area contributed by atoms with E-state index in [0.717, 1.165) is 21.5 Å². The monoisotopic (exact) mass is 359 g/mol. The zero-order valence-corrected chi connectivity index (χ0v) is 14.1. The molecule has 0 bridgehead atoms. The molecule has 0 aliphatic heterocycles. The highest BCUT2D eigenvalue weighted by atomic mass is 79.9. The summed E-state index contributed by atoms with van der Waals surface area (Å²) in [6.07, 6.45) is 0. The molecule has 0 aliphatic rings. The fourth-order valence-corrected chi connectivity index (χ4v) is 3.11. The normalized spacial score (nSPS) is 10.8. The summed E-state index contributed by atoms with van der Waals surface area (Å²) >= 11 is 9.01. The molecule has 21 heavy (non-hydrogen) atoms. The number of H-pyrrole nitrogens is 1. The molecule has 5 heteroatoms. The summed E-state index contributed by atoms with van der Waals surface area (Å²) in [5, 5.41) is 7.27. The van der Waals surface area contributed by atoms with Crippen molar-refractivity contribution in [2.45, 2.75) is 13.8 Å². The van der Waals surface area contributed by atoms with Gasteiger partial charge < -0.3 is 0 Å². The van der Waals surface area contributed by atoms with Gasteiger partial charge >= 0.3 is 0 Å². The molecule has 0 atom stereocenters. The van der Waals surface area contributed by atoms with E-state index in [1.807, 2.05) is 10.6 Å². The van der Waals surface area contributed by atoms with Gasteiger partial charge in [-0.2, -0.15) is 5.10 Å². The zero-order chi connectivity index (χ0) is 15.0. The lowest BCUT2D eigenvalue weighted by Gasteiger charge is -2.10. The third-order valence-electron chi connectivity index (χ3n) is 3.33. The molecular weight excluding hydrogens is 346 g/mol. The van der Waals surface area contributed by atoms with Crippen LogP contribution in [0.3, 0.4) is 0 Å². The van der Waals surface area contributed by atoms with E-state index in [9.17, 15) is 0 Å². The minimum absolute atomic E-state index is 0.579. The van der Waals surface area contributed by atoms with Gasteiger partial charge in [0.2, 0.25) is 0 Å². The molecule has 0 unspecified atom stereocenters. The van der Waals surface area contributed by atoms with E-state index in [2.05, 4.69) is 76.4 Å². The summed E-state index contributed by atoms with van der Waals surface area (Å²) < 4.78 is 3.52. The van der Waals surface area contributed by atoms with Crippen molar-refractivity contribution in [1.29, 1.82) is 0 Å². The van der Waals surface area contributed by atoms with Crippen molar-refractivity contribution >= 4 is 28.1 Å². The fourth-order valence-electron chi connectivity index (χ4n) is 2.21. The molecule has 1 heterocycles. The number of aromatic amines is 1. The van der Waals surface area contributed by atoms with Gasteiger partial charge in [0.15, 0.2) is 10.6 Å². The zero-order valence-electron chi connectivity index (χ0n) is 11.7. The molecule has 106 valence electrons. The summed E-state index contributed by atoms with van der Waals surface area (Å²) in [7, 11) is 0. The Morgan fingerprint density at radius 1 is 1.05 bits per heavy atom. The maximum absolute atomic E-state index is 5.40. The number of aryl methyl sites for hydroxylation is 2. The van der Waals surface area contributed by atoms with Crippen LogP contribution in [0, 0.1) is 18.6 Å². The average Bonchev–Trinajstić information content (AvgIpc) is 2.82. The second-order valence-electron chi connectivity index (χ2n) is 5.01. The van der Waals surface area contributed by atoms with E-state index in [-0.39, 0.29) is 0 Å². The molecule has 0 radical (unpaired) electrons. The molecule has 0 saturated heterocycles. The largest absolute Gasteiger partial charge is 0.267 e. The van der Waals surface area contributed by atoms with Crippen LogP contribution in [-0.2, 0) is 0 Å². The van der Waals surface area contributed by atoms with Gasteiger partial charge in [-0.05, 0) is 59.7 Å². The summed E-state index contributed by atoms with van der Waals surface area (Å²) in [6, 6.07) is 14.4. The summed E-state index contributed by atoms with van der Waals surface area (Å²) in [4.78, 5) is 0. The Balaban J connectivity index is 2.22. The maximum atomic E-state index is 5.40. The molecule has 0 spiro atoms. The Bertz CT molecular complexity index is 847. The number of halogens is 1. The topological polar surface area (TPSA) is 33.6 Å². The Labute approximate surface area is 136 Å². The molecule has 1 aromatic heterocycles. The third-order valence-corrected chi connectivity index (χ3v) is 4.24. The second-order valence-corrected chi connectivity index (χ2v) is 6.25. The molecule has 2 aromatic carbocycles. The van der Waals surface area contributed by atoms with Crippen molar-refractivity contribution in [1.82, 2.24) is 14.8 Å². The fraction of sp³-hybridized carbons (Fsp3) is 0.125. The van der Waals surface area contributed by atoms with Gasteiger partial charge in [-0.25, -0.2) is 0 Å². The lowest BCUT2D eigenvalue weighted by atomic mass is 10.1. The van der Waals surface area contributed by atoms with Gasteiger partial charge in [0.25, 0.3) is 0 Å². The van der Waals surface area contributed by atoms with Gasteiger partial charge in [-0.3, -0.25) is 9.67 Å². The van der Waals surface area contributed by atoms with Gasteiger partial charge in [0, 0.05) is 10.0 Å². The lowest BCUT2D eigenvalue weighted by molar-refractivity contribution is 1.03. The first-order valence-electron chi connectivity index (χ1n) is 6.57. The van der Waals surface area contributed by atoms with Crippen molar-refractivity contribution in [3.8, 4) is 17.1 Å². The molecule has 3 aromatic rings. The molecule has 3 rings (SSSR count). The van der Waals surface area contributed by atoms with Gasteiger partial charge in [0.05, 0.1) is 5.69 Å². The quantitative estimate of drug-likeness (QED) is 0.654. The van der Waals surface area contributed by atoms with Crippen molar-refractivity contribution in [2.24, 2.45) is 0 Å². The van der Waals surface area contributed by atoms with E-state index in [1.165, 1.54) is 11.1 Å². The number of rotatable bonds is 2. The van der Waals surface area contributed by atoms with Crippen LogP contribution in [0.5, 0.6) is 0 Å². The van der Waals surface area contributed by atoms with Crippen LogP contribution in [0.4, 0.5) is 0 Å². The molecule has 1 N–H and O–H groups in total. The van der Waals surface area contributed by atoms with E-state index >= 15 is 0 Å². The Kier molecular flexibility index (Phi) is 3.78. The minimum Gasteiger partial charge on any atom is -0.267 e. The number of nitrogens with zero attached hydrogens (tertiary/aromatic N) is 2. The van der Waals surface area contributed by atoms with Crippen LogP contribution >= 0.6 is 28.1 Å². The van der Waals surface area contributed by atoms with E-state index in [0.29, 0.717) is 4.77 Å². The van der Waals surface area contributed by atoms with Crippen LogP contribution in [0.15, 0.2) is 46.9 Å². The molecule has 3 nitrogen and oxygen atoms in total. The van der Waals surface area contributed by atoms with Crippen LogP contribution in [0.1, 0.15) is 11.1 Å². The predicted molar refractivity (Wildman–Crippen MR) is 91.4 cm³/mol. The van der Waals surface area contributed by atoms with Crippen LogP contribution in [0.2, 0.25) is 0 Å². The number of nitrogens with one attached hydrogen (secondary N) is 1. The Morgan fingerprint density at radius 2 is 1.71 bits per heavy atom. The van der Waals surface area contributed by atoms with E-state index in [4.69, 9.17) is 12.2 Å². The smallest absolute Gasteiger partial charge is 0.200 e. The minimum atomic E-state index is 0.579. The average molecular weight is 360 g/mol. The highest BCUT2D eigenvalue weighted by molar-refractivity contribution is 9.10. The first-order valence-corrected chi connectivity index (χ1v) is 7.77. The molecular formula is C16H14BrN3S. The summed E-state index contributed by atoms with van der Waals surface area (Å²) in [5.41, 5.74) is 4.42. The first-order chi connectivity index (χ1) is 10.1. The van der Waals surface area contributed by atoms with Crippen molar-refractivity contribution in [3.63, 3.8) is 0 Å². The predicted octanol–water partition coefficient (Wildman–Crippen LogP) is 4.98.